The van der Waals surface area contributed by atoms with E-state index in [1.807, 2.05) is 109 Å². The van der Waals surface area contributed by atoms with Crippen LogP contribution < -0.4 is 0 Å². The Morgan fingerprint density at radius 2 is 0.877 bits per heavy atom. The molecule has 0 aliphatic rings. The molecule has 0 aliphatic heterocycles. The van der Waals surface area contributed by atoms with E-state index in [1.54, 1.807) is 0 Å². The van der Waals surface area contributed by atoms with Gasteiger partial charge in [0.05, 0.1) is 5.39 Å². The second-order valence-corrected chi connectivity index (χ2v) is 14.2. The monoisotopic (exact) mass is 732 g/mol. The molecule has 0 saturated carbocycles. The average molecular weight is 733 g/mol. The highest BCUT2D eigenvalue weighted by Crippen LogP contribution is 2.41. The molecular weight excluding hydrogens is 705 g/mol. The van der Waals surface area contributed by atoms with Gasteiger partial charge in [-0.25, -0.2) is 19.9 Å². The molecule has 0 bridgehead atoms. The predicted molar refractivity (Wildman–Crippen MR) is 227 cm³/mol. The van der Waals surface area contributed by atoms with Crippen molar-refractivity contribution in [2.75, 3.05) is 0 Å². The van der Waals surface area contributed by atoms with Gasteiger partial charge in [-0.15, -0.1) is 0 Å². The summed E-state index contributed by atoms with van der Waals surface area (Å²) in [4.78, 5) is 20.3. The van der Waals surface area contributed by atoms with Crippen LogP contribution in [0.3, 0.4) is 0 Å². The SMILES string of the molecule is c1ccc(-c2nc(-c3cccc(-c4ccc5c(c4)oc4ccccc45)c3)nc(-c3ccc4ccc5oc6ccc7oc(-c8ccccc8)nc7c6c5c4c3)n2)cc1. The predicted octanol–water partition coefficient (Wildman–Crippen LogP) is 13.3. The molecule has 266 valence electrons. The van der Waals surface area contributed by atoms with Crippen molar-refractivity contribution in [3.8, 4) is 56.7 Å². The fraction of sp³-hybridized carbons (Fsp3) is 0. The average Bonchev–Trinajstić information content (AvgIpc) is 4.00. The maximum absolute atomic E-state index is 6.44. The standard InChI is InChI=1S/C50H28N4O3/c1-3-10-30(11-4-1)47-52-48(34-15-9-14-32(26-34)33-20-22-37-36-16-7-8-17-39(36)55-43(37)28-33)54-49(53-47)35-19-18-29-21-23-40-44(38(29)27-35)45-41(56-40)24-25-42-46(45)51-50(57-42)31-12-5-2-6-13-31/h1-28H. The second-order valence-electron chi connectivity index (χ2n) is 14.2. The lowest BCUT2D eigenvalue weighted by molar-refractivity contribution is 0.619. The van der Waals surface area contributed by atoms with E-state index in [9.17, 15) is 0 Å². The van der Waals surface area contributed by atoms with Gasteiger partial charge in [0.2, 0.25) is 5.89 Å². The highest BCUT2D eigenvalue weighted by molar-refractivity contribution is 6.25. The maximum atomic E-state index is 6.44. The highest BCUT2D eigenvalue weighted by Gasteiger charge is 2.20. The minimum Gasteiger partial charge on any atom is -0.456 e. The minimum absolute atomic E-state index is 0.567. The molecular formula is C50H28N4O3. The van der Waals surface area contributed by atoms with Crippen molar-refractivity contribution >= 4 is 65.7 Å². The van der Waals surface area contributed by atoms with Gasteiger partial charge in [0.25, 0.3) is 0 Å². The molecule has 7 heteroatoms. The first kappa shape index (κ1) is 31.5. The summed E-state index contributed by atoms with van der Waals surface area (Å²) in [6.07, 6.45) is 0. The van der Waals surface area contributed by atoms with Crippen LogP contribution in [0.15, 0.2) is 183 Å². The molecule has 4 heterocycles. The Morgan fingerprint density at radius 3 is 1.72 bits per heavy atom. The zero-order valence-corrected chi connectivity index (χ0v) is 30.2. The molecule has 4 aromatic heterocycles. The van der Waals surface area contributed by atoms with E-state index >= 15 is 0 Å². The Morgan fingerprint density at radius 1 is 0.298 bits per heavy atom. The van der Waals surface area contributed by atoms with Crippen LogP contribution in [-0.4, -0.2) is 19.9 Å². The van der Waals surface area contributed by atoms with Crippen molar-refractivity contribution < 1.29 is 13.3 Å². The largest absolute Gasteiger partial charge is 0.456 e. The van der Waals surface area contributed by atoms with Crippen LogP contribution in [0.1, 0.15) is 0 Å². The summed E-state index contributed by atoms with van der Waals surface area (Å²) in [7, 11) is 0. The minimum atomic E-state index is 0.567. The summed E-state index contributed by atoms with van der Waals surface area (Å²) in [5, 5.41) is 6.15. The molecule has 0 fully saturated rings. The Kier molecular flexibility index (Phi) is 6.79. The molecule has 8 aromatic carbocycles. The molecule has 0 radical (unpaired) electrons. The van der Waals surface area contributed by atoms with Gasteiger partial charge in [0.1, 0.15) is 27.8 Å². The van der Waals surface area contributed by atoms with Crippen molar-refractivity contribution in [2.24, 2.45) is 0 Å². The van der Waals surface area contributed by atoms with Gasteiger partial charge in [-0.05, 0) is 82.6 Å². The van der Waals surface area contributed by atoms with Gasteiger partial charge < -0.3 is 13.3 Å². The van der Waals surface area contributed by atoms with Crippen molar-refractivity contribution in [3.05, 3.63) is 170 Å². The summed E-state index contributed by atoms with van der Waals surface area (Å²) >= 11 is 0. The summed E-state index contributed by atoms with van der Waals surface area (Å²) in [5.74, 6) is 2.31. The van der Waals surface area contributed by atoms with E-state index < -0.39 is 0 Å². The molecule has 0 saturated heterocycles. The van der Waals surface area contributed by atoms with Gasteiger partial charge in [0.15, 0.2) is 23.1 Å². The molecule has 0 atom stereocenters. The number of benzene rings is 8. The number of rotatable bonds is 5. The highest BCUT2D eigenvalue weighted by atomic mass is 16.4. The smallest absolute Gasteiger partial charge is 0.227 e. The molecule has 0 spiro atoms. The van der Waals surface area contributed by atoms with Crippen LogP contribution in [0.2, 0.25) is 0 Å². The summed E-state index contributed by atoms with van der Waals surface area (Å²) in [6, 6.07) is 57.2. The molecule has 0 unspecified atom stereocenters. The Bertz CT molecular complexity index is 3530. The van der Waals surface area contributed by atoms with E-state index in [0.29, 0.717) is 28.9 Å². The van der Waals surface area contributed by atoms with Gasteiger partial charge in [-0.2, -0.15) is 0 Å². The fourth-order valence-corrected chi connectivity index (χ4v) is 8.00. The van der Waals surface area contributed by atoms with Crippen LogP contribution in [0.25, 0.3) is 122 Å². The van der Waals surface area contributed by atoms with Crippen molar-refractivity contribution in [1.82, 2.24) is 19.9 Å². The van der Waals surface area contributed by atoms with Crippen LogP contribution in [0.4, 0.5) is 0 Å². The second kappa shape index (κ2) is 12.3. The van der Waals surface area contributed by atoms with Gasteiger partial charge >= 0.3 is 0 Å². The van der Waals surface area contributed by atoms with Crippen LogP contribution in [-0.2, 0) is 0 Å². The van der Waals surface area contributed by atoms with Gasteiger partial charge in [0, 0.05) is 38.4 Å². The van der Waals surface area contributed by atoms with E-state index in [1.165, 1.54) is 0 Å². The number of para-hydroxylation sites is 1. The molecule has 7 nitrogen and oxygen atoms in total. The Balaban J connectivity index is 1.02. The summed E-state index contributed by atoms with van der Waals surface area (Å²) < 4.78 is 18.9. The van der Waals surface area contributed by atoms with E-state index in [2.05, 4.69) is 60.7 Å². The lowest BCUT2D eigenvalue weighted by Gasteiger charge is -2.10. The first-order chi connectivity index (χ1) is 28.2. The van der Waals surface area contributed by atoms with E-state index in [4.69, 9.17) is 33.2 Å². The zero-order chi connectivity index (χ0) is 37.5. The molecule has 12 aromatic rings. The van der Waals surface area contributed by atoms with Gasteiger partial charge in [-0.1, -0.05) is 109 Å². The molecule has 0 N–H and O–H groups in total. The molecule has 57 heavy (non-hydrogen) atoms. The summed E-state index contributed by atoms with van der Waals surface area (Å²) in [5.41, 5.74) is 10.3. The lowest BCUT2D eigenvalue weighted by atomic mass is 10.00. The number of hydrogen-bond acceptors (Lipinski definition) is 7. The third-order valence-corrected chi connectivity index (χ3v) is 10.8. The van der Waals surface area contributed by atoms with Crippen molar-refractivity contribution in [2.45, 2.75) is 0 Å². The van der Waals surface area contributed by atoms with Crippen LogP contribution in [0.5, 0.6) is 0 Å². The van der Waals surface area contributed by atoms with Crippen LogP contribution >= 0.6 is 0 Å². The number of oxazole rings is 1. The number of aromatic nitrogens is 4. The van der Waals surface area contributed by atoms with Gasteiger partial charge in [-0.3, -0.25) is 0 Å². The molecule has 0 amide bonds. The van der Waals surface area contributed by atoms with E-state index in [-0.39, 0.29) is 0 Å². The number of nitrogens with zero attached hydrogens (tertiary/aromatic N) is 4. The maximum Gasteiger partial charge on any atom is 0.227 e. The first-order valence-corrected chi connectivity index (χ1v) is 18.8. The molecule has 0 aliphatic carbocycles. The zero-order valence-electron chi connectivity index (χ0n) is 30.2. The number of fused-ring (bicyclic) bond motifs is 10. The third kappa shape index (κ3) is 5.13. The lowest BCUT2D eigenvalue weighted by Crippen LogP contribution is -2.00. The van der Waals surface area contributed by atoms with E-state index in [0.717, 1.165) is 93.5 Å². The third-order valence-electron chi connectivity index (χ3n) is 10.8. The van der Waals surface area contributed by atoms with Crippen molar-refractivity contribution in [3.63, 3.8) is 0 Å². The molecule has 12 rings (SSSR count). The quantitative estimate of drug-likeness (QED) is 0.174. The van der Waals surface area contributed by atoms with Crippen molar-refractivity contribution in [1.29, 1.82) is 0 Å². The Hall–Kier alpha value is -7.90. The number of furan rings is 2. The summed E-state index contributed by atoms with van der Waals surface area (Å²) in [6.45, 7) is 0. The van der Waals surface area contributed by atoms with Crippen LogP contribution in [0, 0.1) is 0 Å². The number of hydrogen-bond donors (Lipinski definition) is 0. The topological polar surface area (TPSA) is 91.0 Å². The Labute approximate surface area is 324 Å². The normalized spacial score (nSPS) is 11.9. The fourth-order valence-electron chi connectivity index (χ4n) is 8.00. The first-order valence-electron chi connectivity index (χ1n) is 18.8.